The van der Waals surface area contributed by atoms with Crippen molar-refractivity contribution in [2.24, 2.45) is 11.7 Å². The van der Waals surface area contributed by atoms with Crippen LogP contribution in [0.5, 0.6) is 11.5 Å². The van der Waals surface area contributed by atoms with Gasteiger partial charge in [0.1, 0.15) is 5.54 Å². The molecule has 0 saturated heterocycles. The van der Waals surface area contributed by atoms with Crippen LogP contribution in [0.4, 0.5) is 14.4 Å². The van der Waals surface area contributed by atoms with Gasteiger partial charge in [-0.1, -0.05) is 65.9 Å². The second-order valence-electron chi connectivity index (χ2n) is 10.1. The van der Waals surface area contributed by atoms with Crippen LogP contribution in [0.3, 0.4) is 0 Å². The highest BCUT2D eigenvalue weighted by molar-refractivity contribution is 5.81. The van der Waals surface area contributed by atoms with Gasteiger partial charge in [0.25, 0.3) is 0 Å². The summed E-state index contributed by atoms with van der Waals surface area (Å²) >= 11 is 0. The lowest BCUT2D eigenvalue weighted by Gasteiger charge is -2.26. The molecular formula is C30H47NO11. The number of hydrogen-bond donors (Lipinski definition) is 1. The van der Waals surface area contributed by atoms with E-state index < -0.39 is 30.0 Å². The molecular weight excluding hydrogens is 550 g/mol. The molecule has 0 saturated carbocycles. The smallest absolute Gasteiger partial charge is 0.468 e. The molecule has 12 nitrogen and oxygen atoms in total. The molecule has 0 aliphatic heterocycles. The number of ether oxygens (including phenoxy) is 7. The van der Waals surface area contributed by atoms with Gasteiger partial charge in [0, 0.05) is 12.8 Å². The third kappa shape index (κ3) is 14.4. The van der Waals surface area contributed by atoms with E-state index in [2.05, 4.69) is 0 Å². The van der Waals surface area contributed by atoms with Crippen LogP contribution in [0, 0.1) is 5.92 Å². The number of nitrogens with two attached hydrogens (primary N) is 1. The standard InChI is InChI=1S/C30H47NO11/c1-6-9-11-16-37-28(34)41-24-14-13-23(19-25(24)42-29(35)38-17-12-10-7-2)20-30(31,26(32)36-5)15-18-39-27(33)40-21-22(4)8-3/h13-14,19,22H,6-12,15-18,20-21,31H2,1-5H3/t22-,30?/m0/s1. The summed E-state index contributed by atoms with van der Waals surface area (Å²) in [5.74, 6) is -0.776. The Morgan fingerprint density at radius 1 is 0.786 bits per heavy atom. The SMILES string of the molecule is CCCCCOC(=O)Oc1ccc(CC(N)(CCOC(=O)OC[C@@H](C)CC)C(=O)OC)cc1OC(=O)OCCCCC. The second-order valence-corrected chi connectivity index (χ2v) is 10.1. The summed E-state index contributed by atoms with van der Waals surface area (Å²) < 4.78 is 35.9. The van der Waals surface area contributed by atoms with E-state index in [4.69, 9.17) is 38.9 Å². The van der Waals surface area contributed by atoms with Gasteiger partial charge in [-0.3, -0.25) is 4.79 Å². The minimum absolute atomic E-state index is 0.0853. The zero-order valence-corrected chi connectivity index (χ0v) is 25.6. The molecule has 0 amide bonds. The molecule has 1 aromatic carbocycles. The maximum Gasteiger partial charge on any atom is 0.513 e. The summed E-state index contributed by atoms with van der Waals surface area (Å²) in [5, 5.41) is 0. The molecule has 0 spiro atoms. The molecule has 0 aliphatic rings. The van der Waals surface area contributed by atoms with E-state index >= 15 is 0 Å². The molecule has 0 bridgehead atoms. The molecule has 0 fully saturated rings. The highest BCUT2D eigenvalue weighted by Crippen LogP contribution is 2.31. The van der Waals surface area contributed by atoms with Crippen molar-refractivity contribution in [1.82, 2.24) is 0 Å². The topological polar surface area (TPSA) is 159 Å². The monoisotopic (exact) mass is 597 g/mol. The summed E-state index contributed by atoms with van der Waals surface area (Å²) in [6.07, 6.45) is 2.89. The first-order valence-electron chi connectivity index (χ1n) is 14.6. The van der Waals surface area contributed by atoms with Crippen LogP contribution in [0.15, 0.2) is 18.2 Å². The van der Waals surface area contributed by atoms with Gasteiger partial charge in [0.2, 0.25) is 0 Å². The number of carbonyl (C=O) groups is 4. The normalized spacial score (nSPS) is 12.8. The van der Waals surface area contributed by atoms with Crippen LogP contribution in [0.1, 0.15) is 84.6 Å². The van der Waals surface area contributed by atoms with Crippen molar-refractivity contribution in [3.05, 3.63) is 23.8 Å². The Morgan fingerprint density at radius 2 is 1.36 bits per heavy atom. The fourth-order valence-corrected chi connectivity index (χ4v) is 3.60. The number of benzene rings is 1. The van der Waals surface area contributed by atoms with Crippen LogP contribution in [0.2, 0.25) is 0 Å². The lowest BCUT2D eigenvalue weighted by molar-refractivity contribution is -0.147. The average Bonchev–Trinajstić information content (AvgIpc) is 2.97. The molecule has 0 radical (unpaired) electrons. The zero-order chi connectivity index (χ0) is 31.4. The molecule has 238 valence electrons. The van der Waals surface area contributed by atoms with Crippen molar-refractivity contribution in [3.63, 3.8) is 0 Å². The zero-order valence-electron chi connectivity index (χ0n) is 25.6. The third-order valence-electron chi connectivity index (χ3n) is 6.39. The molecule has 1 rings (SSSR count). The van der Waals surface area contributed by atoms with Crippen molar-refractivity contribution < 1.29 is 52.3 Å². The minimum atomic E-state index is -1.61. The molecule has 2 N–H and O–H groups in total. The highest BCUT2D eigenvalue weighted by Gasteiger charge is 2.36. The summed E-state index contributed by atoms with van der Waals surface area (Å²) in [5.41, 5.74) is 5.25. The lowest BCUT2D eigenvalue weighted by atomic mass is 9.88. The highest BCUT2D eigenvalue weighted by atomic mass is 16.7. The molecule has 2 atom stereocenters. The van der Waals surface area contributed by atoms with Crippen molar-refractivity contribution >= 4 is 24.4 Å². The Bertz CT molecular complexity index is 984. The summed E-state index contributed by atoms with van der Waals surface area (Å²) in [6.45, 7) is 8.31. The van der Waals surface area contributed by atoms with Crippen LogP contribution >= 0.6 is 0 Å². The summed E-state index contributed by atoms with van der Waals surface area (Å²) in [4.78, 5) is 49.1. The number of methoxy groups -OCH3 is 1. The van der Waals surface area contributed by atoms with E-state index in [1.807, 2.05) is 27.7 Å². The maximum atomic E-state index is 12.7. The van der Waals surface area contributed by atoms with Gasteiger partial charge in [-0.2, -0.15) is 0 Å². The molecule has 12 heteroatoms. The summed E-state index contributed by atoms with van der Waals surface area (Å²) in [7, 11) is 1.19. The molecule has 0 aliphatic carbocycles. The van der Waals surface area contributed by atoms with E-state index in [1.54, 1.807) is 6.07 Å². The van der Waals surface area contributed by atoms with Crippen molar-refractivity contribution in [2.75, 3.05) is 33.5 Å². The Hall–Kier alpha value is -3.54. The first-order chi connectivity index (χ1) is 20.1. The quantitative estimate of drug-likeness (QED) is 0.0846. The molecule has 1 aromatic rings. The van der Waals surface area contributed by atoms with Crippen LogP contribution in [-0.2, 0) is 34.9 Å². The van der Waals surface area contributed by atoms with Crippen molar-refractivity contribution in [2.45, 2.75) is 91.0 Å². The summed E-state index contributed by atoms with van der Waals surface area (Å²) in [6, 6.07) is 4.34. The number of rotatable bonds is 19. The number of unbranched alkanes of at least 4 members (excludes halogenated alkanes) is 4. The number of carbonyl (C=O) groups excluding carboxylic acids is 4. The van der Waals surface area contributed by atoms with Gasteiger partial charge >= 0.3 is 24.4 Å². The van der Waals surface area contributed by atoms with E-state index in [-0.39, 0.29) is 56.7 Å². The largest absolute Gasteiger partial charge is 0.513 e. The van der Waals surface area contributed by atoms with Crippen molar-refractivity contribution in [3.8, 4) is 11.5 Å². The third-order valence-corrected chi connectivity index (χ3v) is 6.39. The van der Waals surface area contributed by atoms with E-state index in [9.17, 15) is 19.2 Å². The fraction of sp³-hybridized carbons (Fsp3) is 0.667. The van der Waals surface area contributed by atoms with Gasteiger partial charge in [-0.15, -0.1) is 0 Å². The van der Waals surface area contributed by atoms with Gasteiger partial charge in [0.15, 0.2) is 11.5 Å². The number of esters is 1. The predicted octanol–water partition coefficient (Wildman–Crippen LogP) is 6.10. The fourth-order valence-electron chi connectivity index (χ4n) is 3.60. The minimum Gasteiger partial charge on any atom is -0.468 e. The van der Waals surface area contributed by atoms with E-state index in [0.717, 1.165) is 32.1 Å². The Kier molecular flexibility index (Phi) is 17.7. The Labute approximate surface area is 248 Å². The predicted molar refractivity (Wildman–Crippen MR) is 153 cm³/mol. The second kappa shape index (κ2) is 20.4. The van der Waals surface area contributed by atoms with Gasteiger partial charge in [-0.25, -0.2) is 14.4 Å². The van der Waals surface area contributed by atoms with Crippen LogP contribution in [-0.4, -0.2) is 63.5 Å². The van der Waals surface area contributed by atoms with Gasteiger partial charge < -0.3 is 38.9 Å². The van der Waals surface area contributed by atoms with E-state index in [0.29, 0.717) is 18.4 Å². The average molecular weight is 598 g/mol. The first-order valence-corrected chi connectivity index (χ1v) is 14.6. The molecule has 42 heavy (non-hydrogen) atoms. The van der Waals surface area contributed by atoms with Crippen LogP contribution in [0.25, 0.3) is 0 Å². The Balaban J connectivity index is 3.04. The lowest BCUT2D eigenvalue weighted by Crippen LogP contribution is -2.51. The van der Waals surface area contributed by atoms with Gasteiger partial charge in [0.05, 0.1) is 33.5 Å². The number of hydrogen-bond acceptors (Lipinski definition) is 12. The molecule has 1 unspecified atom stereocenters. The van der Waals surface area contributed by atoms with E-state index in [1.165, 1.54) is 19.2 Å². The molecule has 0 heterocycles. The Morgan fingerprint density at radius 3 is 1.90 bits per heavy atom. The first kappa shape index (κ1) is 36.5. The van der Waals surface area contributed by atoms with Gasteiger partial charge in [-0.05, 0) is 36.5 Å². The van der Waals surface area contributed by atoms with Crippen molar-refractivity contribution in [1.29, 1.82) is 0 Å². The molecule has 0 aromatic heterocycles. The van der Waals surface area contributed by atoms with Crippen LogP contribution < -0.4 is 15.2 Å². The maximum absolute atomic E-state index is 12.7.